The molecule has 136 valence electrons. The third-order valence-corrected chi connectivity index (χ3v) is 6.01. The van der Waals surface area contributed by atoms with Crippen molar-refractivity contribution in [3.63, 3.8) is 0 Å². The predicted octanol–water partition coefficient (Wildman–Crippen LogP) is 4.26. The molecule has 0 spiro atoms. The molecule has 1 amide bonds. The summed E-state index contributed by atoms with van der Waals surface area (Å²) in [6.45, 7) is 3.06. The van der Waals surface area contributed by atoms with Crippen molar-refractivity contribution in [3.05, 3.63) is 70.8 Å². The normalized spacial score (nSPS) is 17.9. The summed E-state index contributed by atoms with van der Waals surface area (Å²) in [6, 6.07) is 17.4. The zero-order valence-corrected chi connectivity index (χ0v) is 15.7. The Labute approximate surface area is 156 Å². The van der Waals surface area contributed by atoms with Crippen LogP contribution in [-0.2, 0) is 19.5 Å². The molecular formula is C23H28N2O. The number of hydrogen-bond donors (Lipinski definition) is 0. The maximum absolute atomic E-state index is 12.7. The van der Waals surface area contributed by atoms with E-state index in [1.807, 2.05) is 24.1 Å². The molecule has 1 saturated carbocycles. The van der Waals surface area contributed by atoms with E-state index >= 15 is 0 Å². The zero-order chi connectivity index (χ0) is 17.9. The second-order valence-electron chi connectivity index (χ2n) is 7.78. The molecule has 26 heavy (non-hydrogen) atoms. The summed E-state index contributed by atoms with van der Waals surface area (Å²) >= 11 is 0. The molecule has 2 aromatic rings. The van der Waals surface area contributed by atoms with Crippen molar-refractivity contribution in [2.75, 3.05) is 13.6 Å². The van der Waals surface area contributed by atoms with Crippen LogP contribution in [0.15, 0.2) is 48.5 Å². The molecule has 4 rings (SSSR count). The molecular weight excluding hydrogens is 320 g/mol. The van der Waals surface area contributed by atoms with Crippen LogP contribution in [0, 0.1) is 0 Å². The summed E-state index contributed by atoms with van der Waals surface area (Å²) in [7, 11) is 1.96. The molecule has 0 bridgehead atoms. The van der Waals surface area contributed by atoms with E-state index in [0.29, 0.717) is 6.04 Å². The Morgan fingerprint density at radius 3 is 2.46 bits per heavy atom. The Hall–Kier alpha value is -2.13. The lowest BCUT2D eigenvalue weighted by atomic mass is 9.99. The summed E-state index contributed by atoms with van der Waals surface area (Å²) in [5, 5.41) is 0. The van der Waals surface area contributed by atoms with Gasteiger partial charge in [-0.05, 0) is 48.1 Å². The van der Waals surface area contributed by atoms with Gasteiger partial charge in [0.2, 0.25) is 0 Å². The van der Waals surface area contributed by atoms with Crippen molar-refractivity contribution < 1.29 is 4.79 Å². The quantitative estimate of drug-likeness (QED) is 0.824. The van der Waals surface area contributed by atoms with E-state index in [-0.39, 0.29) is 5.91 Å². The van der Waals surface area contributed by atoms with Crippen molar-refractivity contribution in [2.24, 2.45) is 0 Å². The highest BCUT2D eigenvalue weighted by molar-refractivity contribution is 5.94. The molecule has 1 fully saturated rings. The van der Waals surface area contributed by atoms with Crippen molar-refractivity contribution in [1.82, 2.24) is 9.80 Å². The largest absolute Gasteiger partial charge is 0.339 e. The van der Waals surface area contributed by atoms with E-state index in [1.165, 1.54) is 29.5 Å². The minimum absolute atomic E-state index is 0.162. The van der Waals surface area contributed by atoms with Crippen molar-refractivity contribution >= 4 is 5.91 Å². The Bertz CT molecular complexity index is 762. The lowest BCUT2D eigenvalue weighted by Crippen LogP contribution is -2.35. The van der Waals surface area contributed by atoms with E-state index < -0.39 is 0 Å². The van der Waals surface area contributed by atoms with Crippen LogP contribution in [0.5, 0.6) is 0 Å². The summed E-state index contributed by atoms with van der Waals surface area (Å²) < 4.78 is 0. The molecule has 0 atom stereocenters. The first-order valence-electron chi connectivity index (χ1n) is 9.86. The van der Waals surface area contributed by atoms with Crippen molar-refractivity contribution in [1.29, 1.82) is 0 Å². The maximum atomic E-state index is 12.7. The van der Waals surface area contributed by atoms with Crippen LogP contribution < -0.4 is 0 Å². The number of amides is 1. The minimum atomic E-state index is 0.162. The average molecular weight is 348 g/mol. The van der Waals surface area contributed by atoms with Gasteiger partial charge in [0, 0.05) is 38.3 Å². The SMILES string of the molecule is CN(C(=O)c1ccc(CN2CCc3ccccc3C2)cc1)C1CCCC1. The smallest absolute Gasteiger partial charge is 0.253 e. The van der Waals surface area contributed by atoms with E-state index in [9.17, 15) is 4.79 Å². The Balaban J connectivity index is 1.38. The van der Waals surface area contributed by atoms with E-state index in [2.05, 4.69) is 41.3 Å². The summed E-state index contributed by atoms with van der Waals surface area (Å²) in [4.78, 5) is 17.1. The van der Waals surface area contributed by atoms with Crippen LogP contribution in [0.3, 0.4) is 0 Å². The molecule has 1 aliphatic carbocycles. The highest BCUT2D eigenvalue weighted by Gasteiger charge is 2.24. The Kier molecular flexibility index (Phi) is 5.07. The highest BCUT2D eigenvalue weighted by Crippen LogP contribution is 2.24. The fraction of sp³-hybridized carbons (Fsp3) is 0.435. The summed E-state index contributed by atoms with van der Waals surface area (Å²) in [5.74, 6) is 0.162. The molecule has 0 N–H and O–H groups in total. The van der Waals surface area contributed by atoms with Gasteiger partial charge in [-0.25, -0.2) is 0 Å². The van der Waals surface area contributed by atoms with Gasteiger partial charge in [-0.1, -0.05) is 49.2 Å². The first-order valence-corrected chi connectivity index (χ1v) is 9.86. The highest BCUT2D eigenvalue weighted by atomic mass is 16.2. The van der Waals surface area contributed by atoms with Crippen LogP contribution in [0.1, 0.15) is 52.7 Å². The summed E-state index contributed by atoms with van der Waals surface area (Å²) in [5.41, 5.74) is 5.03. The molecule has 2 aliphatic rings. The van der Waals surface area contributed by atoms with Gasteiger partial charge in [-0.15, -0.1) is 0 Å². The van der Waals surface area contributed by atoms with Crippen LogP contribution >= 0.6 is 0 Å². The monoisotopic (exact) mass is 348 g/mol. The molecule has 2 aromatic carbocycles. The second kappa shape index (κ2) is 7.63. The first kappa shape index (κ1) is 17.3. The Morgan fingerprint density at radius 1 is 1.04 bits per heavy atom. The van der Waals surface area contributed by atoms with Gasteiger partial charge in [0.05, 0.1) is 0 Å². The number of rotatable bonds is 4. The molecule has 3 nitrogen and oxygen atoms in total. The molecule has 0 aromatic heterocycles. The van der Waals surface area contributed by atoms with E-state index in [0.717, 1.165) is 44.5 Å². The van der Waals surface area contributed by atoms with Crippen LogP contribution in [0.2, 0.25) is 0 Å². The lowest BCUT2D eigenvalue weighted by molar-refractivity contribution is 0.0735. The number of nitrogens with zero attached hydrogens (tertiary/aromatic N) is 2. The molecule has 0 unspecified atom stereocenters. The molecule has 0 saturated heterocycles. The third-order valence-electron chi connectivity index (χ3n) is 6.01. The van der Waals surface area contributed by atoms with Gasteiger partial charge < -0.3 is 4.90 Å². The van der Waals surface area contributed by atoms with E-state index in [1.54, 1.807) is 0 Å². The molecule has 3 heteroatoms. The topological polar surface area (TPSA) is 23.6 Å². The van der Waals surface area contributed by atoms with Gasteiger partial charge in [-0.2, -0.15) is 0 Å². The number of carbonyl (C=O) groups is 1. The predicted molar refractivity (Wildman–Crippen MR) is 105 cm³/mol. The maximum Gasteiger partial charge on any atom is 0.253 e. The van der Waals surface area contributed by atoms with Crippen LogP contribution in [-0.4, -0.2) is 35.3 Å². The van der Waals surface area contributed by atoms with Gasteiger partial charge in [0.25, 0.3) is 5.91 Å². The molecule has 1 heterocycles. The fourth-order valence-electron chi connectivity index (χ4n) is 4.36. The molecule has 0 radical (unpaired) electrons. The zero-order valence-electron chi connectivity index (χ0n) is 15.7. The lowest BCUT2D eigenvalue weighted by Gasteiger charge is -2.29. The number of carbonyl (C=O) groups excluding carboxylic acids is 1. The van der Waals surface area contributed by atoms with E-state index in [4.69, 9.17) is 0 Å². The Morgan fingerprint density at radius 2 is 1.73 bits per heavy atom. The average Bonchev–Trinajstić information content (AvgIpc) is 3.22. The summed E-state index contributed by atoms with van der Waals surface area (Å²) in [6.07, 6.45) is 5.92. The molecule has 1 aliphatic heterocycles. The third kappa shape index (κ3) is 3.68. The minimum Gasteiger partial charge on any atom is -0.339 e. The standard InChI is InChI=1S/C23H28N2O/c1-24(22-8-4-5-9-22)23(26)20-12-10-18(11-13-20)16-25-15-14-19-6-2-3-7-21(19)17-25/h2-3,6-7,10-13,22H,4-5,8-9,14-17H2,1H3. The second-order valence-corrected chi connectivity index (χ2v) is 7.78. The van der Waals surface area contributed by atoms with Crippen molar-refractivity contribution in [3.8, 4) is 0 Å². The van der Waals surface area contributed by atoms with Gasteiger partial charge >= 0.3 is 0 Å². The van der Waals surface area contributed by atoms with Gasteiger partial charge in [-0.3, -0.25) is 9.69 Å². The fourth-order valence-corrected chi connectivity index (χ4v) is 4.36. The van der Waals surface area contributed by atoms with Gasteiger partial charge in [0.15, 0.2) is 0 Å². The number of fused-ring (bicyclic) bond motifs is 1. The van der Waals surface area contributed by atoms with Crippen LogP contribution in [0.25, 0.3) is 0 Å². The first-order chi connectivity index (χ1) is 12.7. The number of hydrogen-bond acceptors (Lipinski definition) is 2. The van der Waals surface area contributed by atoms with Gasteiger partial charge in [0.1, 0.15) is 0 Å². The van der Waals surface area contributed by atoms with Crippen LogP contribution in [0.4, 0.5) is 0 Å². The number of benzene rings is 2. The van der Waals surface area contributed by atoms with Crippen molar-refractivity contribution in [2.45, 2.75) is 51.2 Å².